The highest BCUT2D eigenvalue weighted by Gasteiger charge is 2.23. The molecule has 0 aliphatic rings. The van der Waals surface area contributed by atoms with Crippen molar-refractivity contribution in [2.45, 2.75) is 0 Å². The predicted molar refractivity (Wildman–Crippen MR) is 299 cm³/mol. The molecule has 0 saturated heterocycles. The van der Waals surface area contributed by atoms with E-state index in [1.807, 2.05) is 12.1 Å². The van der Waals surface area contributed by atoms with E-state index in [2.05, 4.69) is 253 Å². The van der Waals surface area contributed by atoms with Crippen LogP contribution in [0.3, 0.4) is 0 Å². The summed E-state index contributed by atoms with van der Waals surface area (Å²) in [5.41, 5.74) is 12.6. The van der Waals surface area contributed by atoms with Crippen molar-refractivity contribution >= 4 is 64.6 Å². The molecule has 0 radical (unpaired) electrons. The fourth-order valence-electron chi connectivity index (χ4n) is 11.3. The fourth-order valence-corrected chi connectivity index (χ4v) is 11.3. The Kier molecular flexibility index (Phi) is 9.53. The van der Waals surface area contributed by atoms with E-state index in [9.17, 15) is 0 Å². The molecule has 3 nitrogen and oxygen atoms in total. The highest BCUT2D eigenvalue weighted by atomic mass is 15.3. The molecule has 1 heterocycles. The highest BCUT2D eigenvalue weighted by molar-refractivity contribution is 6.25. The Morgan fingerprint density at radius 3 is 1.01 bits per heavy atom. The average molecular weight is 902 g/mol. The first-order valence-electron chi connectivity index (χ1n) is 24.3. The van der Waals surface area contributed by atoms with E-state index in [1.165, 1.54) is 104 Å². The number of hydrogen-bond donors (Lipinski definition) is 0. The molecule has 0 spiro atoms. The maximum atomic E-state index is 4.81. The lowest BCUT2D eigenvalue weighted by molar-refractivity contribution is 1.07. The van der Waals surface area contributed by atoms with Crippen LogP contribution < -0.4 is 0 Å². The summed E-state index contributed by atoms with van der Waals surface area (Å²) in [5, 5.41) is 24.3. The second-order valence-electron chi connectivity index (χ2n) is 18.5. The molecule has 13 aromatic carbocycles. The van der Waals surface area contributed by atoms with E-state index < -0.39 is 0 Å². The van der Waals surface area contributed by atoms with Gasteiger partial charge in [0.25, 0.3) is 0 Å². The summed E-state index contributed by atoms with van der Waals surface area (Å²) in [7, 11) is 0. The molecule has 0 bridgehead atoms. The van der Waals surface area contributed by atoms with Crippen molar-refractivity contribution in [1.29, 1.82) is 0 Å². The Bertz CT molecular complexity index is 4280. The van der Waals surface area contributed by atoms with Crippen LogP contribution in [0.1, 0.15) is 0 Å². The second-order valence-corrected chi connectivity index (χ2v) is 18.5. The fraction of sp³-hybridized carbons (Fsp3) is 0. The zero-order valence-electron chi connectivity index (χ0n) is 38.7. The summed E-state index contributed by atoms with van der Waals surface area (Å²) in [4.78, 5) is 0. The first kappa shape index (κ1) is 40.6. The zero-order valence-corrected chi connectivity index (χ0v) is 38.7. The topological polar surface area (TPSA) is 30.7 Å². The predicted octanol–water partition coefficient (Wildman–Crippen LogP) is 18.2. The number of rotatable bonds is 7. The number of hydrogen-bond acceptors (Lipinski definition) is 2. The normalized spacial score (nSPS) is 11.7. The Morgan fingerprint density at radius 1 is 0.211 bits per heavy atom. The van der Waals surface area contributed by atoms with Gasteiger partial charge in [0, 0.05) is 16.8 Å². The molecule has 330 valence electrons. The average Bonchev–Trinajstić information content (AvgIpc) is 3.89. The Balaban J connectivity index is 1.02. The van der Waals surface area contributed by atoms with Crippen molar-refractivity contribution in [1.82, 2.24) is 14.8 Å². The molecule has 71 heavy (non-hydrogen) atoms. The Morgan fingerprint density at radius 2 is 0.549 bits per heavy atom. The van der Waals surface area contributed by atoms with Gasteiger partial charge >= 0.3 is 0 Å². The summed E-state index contributed by atoms with van der Waals surface area (Å²) in [6.07, 6.45) is 0. The first-order valence-corrected chi connectivity index (χ1v) is 24.3. The zero-order chi connectivity index (χ0) is 46.8. The summed E-state index contributed by atoms with van der Waals surface area (Å²) >= 11 is 0. The molecular formula is C68H43N3. The van der Waals surface area contributed by atoms with Crippen LogP contribution in [0.4, 0.5) is 0 Å². The molecular weight excluding hydrogens is 859 g/mol. The molecule has 0 saturated carbocycles. The minimum Gasteiger partial charge on any atom is -0.275 e. The van der Waals surface area contributed by atoms with Crippen LogP contribution in [-0.2, 0) is 0 Å². The number of nitrogens with zero attached hydrogens (tertiary/aromatic N) is 3. The lowest BCUT2D eigenvalue weighted by Crippen LogP contribution is -2.01. The minimum atomic E-state index is 0.794. The Hall–Kier alpha value is -9.44. The van der Waals surface area contributed by atoms with Crippen LogP contribution in [0.2, 0.25) is 0 Å². The smallest absolute Gasteiger partial charge is 0.168 e. The molecule has 0 aliphatic heterocycles. The van der Waals surface area contributed by atoms with Gasteiger partial charge < -0.3 is 0 Å². The van der Waals surface area contributed by atoms with E-state index in [0.717, 1.165) is 34.0 Å². The molecule has 0 amide bonds. The highest BCUT2D eigenvalue weighted by Crippen LogP contribution is 2.49. The van der Waals surface area contributed by atoms with E-state index in [-0.39, 0.29) is 0 Å². The van der Waals surface area contributed by atoms with E-state index in [1.54, 1.807) is 0 Å². The largest absolute Gasteiger partial charge is 0.275 e. The molecule has 0 aliphatic carbocycles. The van der Waals surface area contributed by atoms with Crippen LogP contribution in [0.15, 0.2) is 261 Å². The van der Waals surface area contributed by atoms with Gasteiger partial charge in [0.15, 0.2) is 11.6 Å². The number of aromatic nitrogens is 3. The second kappa shape index (κ2) is 16.7. The van der Waals surface area contributed by atoms with Crippen LogP contribution in [0.25, 0.3) is 138 Å². The lowest BCUT2D eigenvalue weighted by atomic mass is 9.82. The summed E-state index contributed by atoms with van der Waals surface area (Å²) in [5.74, 6) is 1.59. The number of fused-ring (bicyclic) bond motifs is 6. The molecule has 0 atom stereocenters. The van der Waals surface area contributed by atoms with Gasteiger partial charge in [0.05, 0.1) is 0 Å². The molecule has 1 aromatic heterocycles. The third kappa shape index (κ3) is 6.74. The molecule has 0 N–H and O–H groups in total. The molecule has 3 heteroatoms. The van der Waals surface area contributed by atoms with Crippen molar-refractivity contribution in [2.75, 3.05) is 0 Å². The monoisotopic (exact) mass is 901 g/mol. The maximum absolute atomic E-state index is 4.81. The van der Waals surface area contributed by atoms with E-state index in [0.29, 0.717) is 0 Å². The van der Waals surface area contributed by atoms with Crippen molar-refractivity contribution in [3.05, 3.63) is 261 Å². The van der Waals surface area contributed by atoms with Crippen molar-refractivity contribution < 1.29 is 0 Å². The summed E-state index contributed by atoms with van der Waals surface area (Å²) < 4.78 is 2.20. The number of benzene rings is 13. The third-order valence-corrected chi connectivity index (χ3v) is 14.4. The van der Waals surface area contributed by atoms with E-state index in [4.69, 9.17) is 10.2 Å². The lowest BCUT2D eigenvalue weighted by Gasteiger charge is -2.21. The van der Waals surface area contributed by atoms with Crippen molar-refractivity contribution in [3.63, 3.8) is 0 Å². The first-order chi connectivity index (χ1) is 35.2. The molecule has 0 fully saturated rings. The van der Waals surface area contributed by atoms with Crippen LogP contribution >= 0.6 is 0 Å². The van der Waals surface area contributed by atoms with E-state index >= 15 is 0 Å². The van der Waals surface area contributed by atoms with Crippen molar-refractivity contribution in [2.24, 2.45) is 0 Å². The van der Waals surface area contributed by atoms with Gasteiger partial charge in [0.1, 0.15) is 0 Å². The van der Waals surface area contributed by atoms with Gasteiger partial charge in [0.2, 0.25) is 0 Å². The quantitative estimate of drug-likeness (QED) is 0.149. The van der Waals surface area contributed by atoms with Gasteiger partial charge in [-0.3, -0.25) is 4.57 Å². The van der Waals surface area contributed by atoms with Gasteiger partial charge in [-0.1, -0.05) is 231 Å². The minimum absolute atomic E-state index is 0.794. The van der Waals surface area contributed by atoms with Gasteiger partial charge in [-0.25, -0.2) is 0 Å². The molecule has 0 unspecified atom stereocenters. The van der Waals surface area contributed by atoms with Gasteiger partial charge in [-0.15, -0.1) is 10.2 Å². The van der Waals surface area contributed by atoms with Gasteiger partial charge in [-0.05, 0) is 139 Å². The standard InChI is InChI=1S/C68H43N3/c1-3-20-46(21-4-1)67-69-70-68(47-22-5-2-6-23-47)71(67)54-27-17-26-50(42-54)63-55-28-11-13-30-57(55)65(58-31-14-12-29-56(58)63)53-38-39-61-62(43-53)66(52-37-35-45-19-8-10-25-49(45)41-52)60-33-16-15-32-59(60)64(61)51-36-34-44-18-7-9-24-48(44)40-51/h1-43H. The van der Waals surface area contributed by atoms with Crippen LogP contribution in [0.5, 0.6) is 0 Å². The van der Waals surface area contributed by atoms with Crippen LogP contribution in [0, 0.1) is 0 Å². The van der Waals surface area contributed by atoms with Gasteiger partial charge in [-0.2, -0.15) is 0 Å². The third-order valence-electron chi connectivity index (χ3n) is 14.4. The van der Waals surface area contributed by atoms with Crippen LogP contribution in [-0.4, -0.2) is 14.8 Å². The molecule has 14 rings (SSSR count). The molecule has 14 aromatic rings. The summed E-state index contributed by atoms with van der Waals surface area (Å²) in [6.45, 7) is 0. The van der Waals surface area contributed by atoms with Crippen molar-refractivity contribution in [3.8, 4) is 73.0 Å². The maximum Gasteiger partial charge on any atom is 0.168 e. The summed E-state index contributed by atoms with van der Waals surface area (Å²) in [6, 6.07) is 95.0. The SMILES string of the molecule is c1ccc(-c2nnc(-c3ccccc3)n2-c2cccc(-c3c4ccccc4c(-c4ccc5c(-c6ccc7ccccc7c6)c6ccccc6c(-c6ccc7ccccc7c6)c5c4)c4ccccc34)c2)cc1. The Labute approximate surface area is 411 Å².